The van der Waals surface area contributed by atoms with E-state index in [1.165, 1.54) is 5.56 Å². The monoisotopic (exact) mass is 338 g/mol. The number of carbonyl (C=O) groups excluding carboxylic acids is 1. The standard InChI is InChI=1S/C20H26N4O/c1-4-15-5-9-18(10-6-15)24-20(21)22-13-16-7-11-17(12-8-16)23-19(25)14(2)3/h5-12,14H,4,13H2,1-3H3,(H,23,25)(H3,21,22,24). The molecule has 2 aromatic rings. The molecule has 25 heavy (non-hydrogen) atoms. The van der Waals surface area contributed by atoms with Gasteiger partial charge in [-0.2, -0.15) is 0 Å². The summed E-state index contributed by atoms with van der Waals surface area (Å²) in [6.07, 6.45) is 1.01. The number of anilines is 2. The fraction of sp³-hybridized carbons (Fsp3) is 0.300. The lowest BCUT2D eigenvalue weighted by Crippen LogP contribution is -2.22. The van der Waals surface area contributed by atoms with Crippen molar-refractivity contribution in [2.75, 3.05) is 10.6 Å². The Labute approximate surface area is 149 Å². The highest BCUT2D eigenvalue weighted by Gasteiger charge is 2.06. The maximum atomic E-state index is 11.7. The topological polar surface area (TPSA) is 79.5 Å². The molecule has 0 bridgehead atoms. The summed E-state index contributed by atoms with van der Waals surface area (Å²) >= 11 is 0. The van der Waals surface area contributed by atoms with Crippen LogP contribution in [0.4, 0.5) is 11.4 Å². The zero-order valence-electron chi connectivity index (χ0n) is 15.0. The Balaban J connectivity index is 1.90. The molecule has 0 aliphatic heterocycles. The van der Waals surface area contributed by atoms with Crippen molar-refractivity contribution in [3.63, 3.8) is 0 Å². The molecule has 0 aliphatic carbocycles. The van der Waals surface area contributed by atoms with E-state index in [-0.39, 0.29) is 11.8 Å². The molecule has 132 valence electrons. The number of aliphatic imine (C=N–C) groups is 1. The largest absolute Gasteiger partial charge is 0.370 e. The third-order valence-electron chi connectivity index (χ3n) is 3.81. The first kappa shape index (κ1) is 18.5. The highest BCUT2D eigenvalue weighted by atomic mass is 16.1. The van der Waals surface area contributed by atoms with Crippen LogP contribution in [0.3, 0.4) is 0 Å². The van der Waals surface area contributed by atoms with Gasteiger partial charge in [0.2, 0.25) is 5.91 Å². The predicted molar refractivity (Wildman–Crippen MR) is 105 cm³/mol. The number of rotatable bonds is 6. The van der Waals surface area contributed by atoms with E-state index in [0.29, 0.717) is 12.5 Å². The minimum Gasteiger partial charge on any atom is -0.370 e. The Hall–Kier alpha value is -2.82. The maximum absolute atomic E-state index is 11.7. The number of aryl methyl sites for hydroxylation is 1. The SMILES string of the molecule is CCc1ccc(NC(N)=NCc2ccc(NC(=O)C(C)C)cc2)cc1. The molecular formula is C20H26N4O. The molecule has 0 saturated heterocycles. The first-order valence-electron chi connectivity index (χ1n) is 8.53. The minimum atomic E-state index is -0.0402. The van der Waals surface area contributed by atoms with Gasteiger partial charge >= 0.3 is 0 Å². The Kier molecular flexibility index (Phi) is 6.57. The summed E-state index contributed by atoms with van der Waals surface area (Å²) in [7, 11) is 0. The summed E-state index contributed by atoms with van der Waals surface area (Å²) < 4.78 is 0. The van der Waals surface area contributed by atoms with Gasteiger partial charge in [-0.25, -0.2) is 4.99 Å². The minimum absolute atomic E-state index is 0.00769. The number of carbonyl (C=O) groups is 1. The average Bonchev–Trinajstić information content (AvgIpc) is 2.61. The third kappa shape index (κ3) is 5.95. The van der Waals surface area contributed by atoms with Gasteiger partial charge in [-0.1, -0.05) is 45.0 Å². The van der Waals surface area contributed by atoms with Crippen molar-refractivity contribution in [1.29, 1.82) is 0 Å². The lowest BCUT2D eigenvalue weighted by atomic mass is 10.1. The van der Waals surface area contributed by atoms with Crippen LogP contribution in [0.25, 0.3) is 0 Å². The molecular weight excluding hydrogens is 312 g/mol. The molecule has 2 rings (SSSR count). The third-order valence-corrected chi connectivity index (χ3v) is 3.81. The molecule has 0 aromatic heterocycles. The molecule has 0 atom stereocenters. The van der Waals surface area contributed by atoms with E-state index < -0.39 is 0 Å². The van der Waals surface area contributed by atoms with Gasteiger partial charge in [0.15, 0.2) is 5.96 Å². The summed E-state index contributed by atoms with van der Waals surface area (Å²) in [5.41, 5.74) is 9.95. The lowest BCUT2D eigenvalue weighted by molar-refractivity contribution is -0.118. The number of nitrogens with one attached hydrogen (secondary N) is 2. The van der Waals surface area contributed by atoms with E-state index in [1.807, 2.05) is 50.2 Å². The molecule has 0 saturated carbocycles. The van der Waals surface area contributed by atoms with E-state index >= 15 is 0 Å². The van der Waals surface area contributed by atoms with Crippen molar-refractivity contribution in [3.05, 3.63) is 59.7 Å². The van der Waals surface area contributed by atoms with Crippen LogP contribution in [-0.4, -0.2) is 11.9 Å². The van der Waals surface area contributed by atoms with E-state index in [9.17, 15) is 4.79 Å². The normalized spacial score (nSPS) is 11.4. The van der Waals surface area contributed by atoms with Crippen molar-refractivity contribution in [3.8, 4) is 0 Å². The van der Waals surface area contributed by atoms with Crippen LogP contribution in [0.15, 0.2) is 53.5 Å². The number of nitrogens with zero attached hydrogens (tertiary/aromatic N) is 1. The number of benzene rings is 2. The number of nitrogens with two attached hydrogens (primary N) is 1. The van der Waals surface area contributed by atoms with E-state index in [2.05, 4.69) is 34.7 Å². The molecule has 1 amide bonds. The maximum Gasteiger partial charge on any atom is 0.226 e. The Morgan fingerprint density at radius 2 is 1.48 bits per heavy atom. The van der Waals surface area contributed by atoms with Gasteiger partial charge in [0.1, 0.15) is 0 Å². The highest BCUT2D eigenvalue weighted by Crippen LogP contribution is 2.12. The van der Waals surface area contributed by atoms with E-state index in [1.54, 1.807) is 0 Å². The summed E-state index contributed by atoms with van der Waals surface area (Å²) in [5.74, 6) is 0.344. The van der Waals surface area contributed by atoms with Gasteiger partial charge in [0.25, 0.3) is 0 Å². The summed E-state index contributed by atoms with van der Waals surface area (Å²) in [6, 6.07) is 15.7. The first-order valence-corrected chi connectivity index (χ1v) is 8.53. The molecule has 0 fully saturated rings. The van der Waals surface area contributed by atoms with Crippen molar-refractivity contribution in [2.24, 2.45) is 16.6 Å². The number of hydrogen-bond donors (Lipinski definition) is 3. The lowest BCUT2D eigenvalue weighted by Gasteiger charge is -2.08. The molecule has 0 spiro atoms. The van der Waals surface area contributed by atoms with Crippen molar-refractivity contribution in [1.82, 2.24) is 0 Å². The molecule has 5 nitrogen and oxygen atoms in total. The van der Waals surface area contributed by atoms with Crippen LogP contribution < -0.4 is 16.4 Å². The van der Waals surface area contributed by atoms with E-state index in [0.717, 1.165) is 23.4 Å². The van der Waals surface area contributed by atoms with Crippen LogP contribution in [-0.2, 0) is 17.8 Å². The molecule has 5 heteroatoms. The quantitative estimate of drug-likeness (QED) is 0.554. The zero-order valence-corrected chi connectivity index (χ0v) is 15.0. The highest BCUT2D eigenvalue weighted by molar-refractivity contribution is 5.92. The average molecular weight is 338 g/mol. The van der Waals surface area contributed by atoms with Gasteiger partial charge in [-0.3, -0.25) is 4.79 Å². The molecule has 0 heterocycles. The van der Waals surface area contributed by atoms with Crippen LogP contribution >= 0.6 is 0 Å². The Morgan fingerprint density at radius 1 is 0.960 bits per heavy atom. The summed E-state index contributed by atoms with van der Waals surface area (Å²) in [6.45, 7) is 6.33. The number of hydrogen-bond acceptors (Lipinski definition) is 2. The molecule has 2 aromatic carbocycles. The van der Waals surface area contributed by atoms with Crippen LogP contribution in [0.5, 0.6) is 0 Å². The van der Waals surface area contributed by atoms with Gasteiger partial charge in [-0.05, 0) is 41.8 Å². The summed E-state index contributed by atoms with van der Waals surface area (Å²) in [5, 5.41) is 5.95. The van der Waals surface area contributed by atoms with Crippen LogP contribution in [0.1, 0.15) is 31.9 Å². The summed E-state index contributed by atoms with van der Waals surface area (Å²) in [4.78, 5) is 16.0. The van der Waals surface area contributed by atoms with Crippen LogP contribution in [0, 0.1) is 5.92 Å². The predicted octanol–water partition coefficient (Wildman–Crippen LogP) is 3.77. The van der Waals surface area contributed by atoms with E-state index in [4.69, 9.17) is 5.73 Å². The zero-order chi connectivity index (χ0) is 18.2. The second-order valence-electron chi connectivity index (χ2n) is 6.22. The second-order valence-corrected chi connectivity index (χ2v) is 6.22. The van der Waals surface area contributed by atoms with Gasteiger partial charge in [0.05, 0.1) is 6.54 Å². The molecule has 0 radical (unpaired) electrons. The van der Waals surface area contributed by atoms with Crippen molar-refractivity contribution < 1.29 is 4.79 Å². The smallest absolute Gasteiger partial charge is 0.226 e. The Morgan fingerprint density at radius 3 is 2.00 bits per heavy atom. The van der Waals surface area contributed by atoms with Gasteiger partial charge in [0, 0.05) is 17.3 Å². The van der Waals surface area contributed by atoms with Crippen molar-refractivity contribution in [2.45, 2.75) is 33.7 Å². The van der Waals surface area contributed by atoms with Gasteiger partial charge in [-0.15, -0.1) is 0 Å². The molecule has 4 N–H and O–H groups in total. The van der Waals surface area contributed by atoms with Gasteiger partial charge < -0.3 is 16.4 Å². The molecule has 0 unspecified atom stereocenters. The number of guanidine groups is 1. The first-order chi connectivity index (χ1) is 12.0. The molecule has 0 aliphatic rings. The van der Waals surface area contributed by atoms with Crippen LogP contribution in [0.2, 0.25) is 0 Å². The fourth-order valence-electron chi connectivity index (χ4n) is 2.17. The number of amides is 1. The fourth-order valence-corrected chi connectivity index (χ4v) is 2.17. The Bertz CT molecular complexity index is 718. The van der Waals surface area contributed by atoms with Crippen molar-refractivity contribution >= 4 is 23.2 Å². The second kappa shape index (κ2) is 8.87.